The maximum atomic E-state index is 12.3. The number of carbonyl (C=O) groups is 3. The fourth-order valence-corrected chi connectivity index (χ4v) is 4.02. The van der Waals surface area contributed by atoms with Crippen LogP contribution in [0.25, 0.3) is 0 Å². The number of aromatic nitrogens is 1. The number of ether oxygens (including phenoxy) is 2. The average Bonchev–Trinajstić information content (AvgIpc) is 3.10. The van der Waals surface area contributed by atoms with Gasteiger partial charge in [0.25, 0.3) is 0 Å². The van der Waals surface area contributed by atoms with Gasteiger partial charge in [-0.05, 0) is 39.2 Å². The molecule has 0 spiro atoms. The summed E-state index contributed by atoms with van der Waals surface area (Å²) in [6.45, 7) is 5.65. The zero-order valence-corrected chi connectivity index (χ0v) is 18.2. The van der Waals surface area contributed by atoms with Crippen LogP contribution in [0.2, 0.25) is 0 Å². The number of hydrogen-bond donors (Lipinski definition) is 1. The van der Waals surface area contributed by atoms with Crippen LogP contribution < -0.4 is 5.32 Å². The lowest BCUT2D eigenvalue weighted by molar-refractivity contribution is -0.159. The number of benzene rings is 1. The van der Waals surface area contributed by atoms with E-state index in [4.69, 9.17) is 9.47 Å². The predicted octanol–water partition coefficient (Wildman–Crippen LogP) is 2.82. The average molecular weight is 431 g/mol. The first-order chi connectivity index (χ1) is 14.2. The Kier molecular flexibility index (Phi) is 6.87. The molecule has 1 aromatic carbocycles. The van der Waals surface area contributed by atoms with Crippen LogP contribution in [0.4, 0.5) is 0 Å². The number of nitrogens with zero attached hydrogens (tertiary/aromatic N) is 1. The molecule has 2 heterocycles. The van der Waals surface area contributed by atoms with Crippen LogP contribution >= 0.6 is 11.3 Å². The Labute approximate surface area is 179 Å². The molecule has 0 unspecified atom stereocenters. The molecule has 3 rings (SSSR count). The van der Waals surface area contributed by atoms with Gasteiger partial charge in [0.1, 0.15) is 23.3 Å². The molecule has 1 saturated heterocycles. The molecule has 0 radical (unpaired) electrons. The minimum Gasteiger partial charge on any atom is -0.460 e. The van der Waals surface area contributed by atoms with E-state index in [1.165, 1.54) is 11.3 Å². The molecule has 30 heavy (non-hydrogen) atoms. The highest BCUT2D eigenvalue weighted by Gasteiger charge is 2.44. The molecule has 1 N–H and O–H groups in total. The fraction of sp³-hybridized carbons (Fsp3) is 0.455. The van der Waals surface area contributed by atoms with Gasteiger partial charge in [-0.2, -0.15) is 0 Å². The van der Waals surface area contributed by atoms with Crippen LogP contribution in [-0.2, 0) is 43.3 Å². The van der Waals surface area contributed by atoms with Gasteiger partial charge in [0.2, 0.25) is 5.91 Å². The smallest absolute Gasteiger partial charge is 0.329 e. The number of aryl methyl sites for hydroxylation is 1. The number of amides is 1. The first-order valence-electron chi connectivity index (χ1n) is 9.87. The summed E-state index contributed by atoms with van der Waals surface area (Å²) in [5.41, 5.74) is 0.369. The number of hydrogen-bond acceptors (Lipinski definition) is 7. The second-order valence-electron chi connectivity index (χ2n) is 8.21. The van der Waals surface area contributed by atoms with Gasteiger partial charge >= 0.3 is 11.9 Å². The van der Waals surface area contributed by atoms with E-state index in [9.17, 15) is 14.4 Å². The number of carbonyl (C=O) groups excluding carboxylic acids is 3. The Balaban J connectivity index is 1.46. The lowest BCUT2D eigenvalue weighted by Gasteiger charge is -2.34. The van der Waals surface area contributed by atoms with E-state index in [-0.39, 0.29) is 24.9 Å². The van der Waals surface area contributed by atoms with Crippen molar-refractivity contribution < 1.29 is 23.9 Å². The molecule has 160 valence electrons. The topological polar surface area (TPSA) is 94.6 Å². The Hall–Kier alpha value is -2.74. The molecular weight excluding hydrogens is 404 g/mol. The minimum absolute atomic E-state index is 0.125. The number of esters is 2. The van der Waals surface area contributed by atoms with E-state index in [0.717, 1.165) is 10.4 Å². The van der Waals surface area contributed by atoms with E-state index in [0.29, 0.717) is 17.8 Å². The zero-order chi connectivity index (χ0) is 21.7. The number of thiazole rings is 1. The van der Waals surface area contributed by atoms with Gasteiger partial charge in [-0.25, -0.2) is 9.78 Å². The predicted molar refractivity (Wildman–Crippen MR) is 112 cm³/mol. The maximum absolute atomic E-state index is 12.3. The summed E-state index contributed by atoms with van der Waals surface area (Å²) in [4.78, 5) is 41.4. The molecule has 1 aliphatic rings. The first-order valence-corrected chi connectivity index (χ1v) is 10.7. The number of β-lactam (4-membered cyclic amide) rings is 1. The normalized spacial score (nSPS) is 18.3. The van der Waals surface area contributed by atoms with E-state index in [2.05, 4.69) is 10.3 Å². The molecule has 2 aromatic rings. The van der Waals surface area contributed by atoms with Crippen LogP contribution in [0.1, 0.15) is 42.6 Å². The van der Waals surface area contributed by atoms with Gasteiger partial charge in [-0.3, -0.25) is 9.59 Å². The highest BCUT2D eigenvalue weighted by Crippen LogP contribution is 2.25. The Morgan fingerprint density at radius 3 is 2.60 bits per heavy atom. The van der Waals surface area contributed by atoms with Gasteiger partial charge in [-0.1, -0.05) is 30.3 Å². The van der Waals surface area contributed by atoms with Crippen molar-refractivity contribution in [1.29, 1.82) is 0 Å². The summed E-state index contributed by atoms with van der Waals surface area (Å²) in [5.74, 6) is -1.29. The van der Waals surface area contributed by atoms with Gasteiger partial charge in [0.05, 0.1) is 12.3 Å². The second-order valence-corrected chi connectivity index (χ2v) is 9.41. The lowest BCUT2D eigenvalue weighted by Crippen LogP contribution is -2.62. The van der Waals surface area contributed by atoms with E-state index in [1.54, 1.807) is 6.20 Å². The molecule has 2 atom stereocenters. The van der Waals surface area contributed by atoms with Crippen LogP contribution in [0.3, 0.4) is 0 Å². The van der Waals surface area contributed by atoms with Crippen LogP contribution in [-0.4, -0.2) is 34.5 Å². The maximum Gasteiger partial charge on any atom is 0.329 e. The molecule has 1 fully saturated rings. The van der Waals surface area contributed by atoms with E-state index < -0.39 is 23.5 Å². The molecule has 7 nitrogen and oxygen atoms in total. The Morgan fingerprint density at radius 1 is 1.20 bits per heavy atom. The third-order valence-electron chi connectivity index (χ3n) is 4.53. The third-order valence-corrected chi connectivity index (χ3v) is 5.59. The standard InChI is InChI=1S/C22H26N2O5S/c1-22(2,3)29-18(25)11-17-23-12-15(30-17)9-10-16-19(24-20(16)26)21(27)28-13-14-7-5-4-6-8-14/h4-8,12,16,19H,9-11,13H2,1-3H3,(H,24,26)/t16-,19+/m1/s1. The molecule has 8 heteroatoms. The highest BCUT2D eigenvalue weighted by molar-refractivity contribution is 7.11. The molecule has 1 amide bonds. The highest BCUT2D eigenvalue weighted by atomic mass is 32.1. The molecule has 0 bridgehead atoms. The van der Waals surface area contributed by atoms with Crippen molar-refractivity contribution >= 4 is 29.2 Å². The second kappa shape index (κ2) is 9.38. The Bertz CT molecular complexity index is 904. The number of nitrogens with one attached hydrogen (secondary N) is 1. The van der Waals surface area contributed by atoms with Crippen molar-refractivity contribution in [1.82, 2.24) is 10.3 Å². The van der Waals surface area contributed by atoms with Crippen molar-refractivity contribution in [3.8, 4) is 0 Å². The quantitative estimate of drug-likeness (QED) is 0.511. The van der Waals surface area contributed by atoms with Gasteiger partial charge in [0.15, 0.2) is 0 Å². The van der Waals surface area contributed by atoms with Gasteiger partial charge in [0, 0.05) is 11.1 Å². The molecule has 1 aromatic heterocycles. The molecule has 0 saturated carbocycles. The first kappa shape index (κ1) is 22.0. The van der Waals surface area contributed by atoms with Crippen LogP contribution in [0.5, 0.6) is 0 Å². The van der Waals surface area contributed by atoms with Crippen molar-refractivity contribution in [3.05, 3.63) is 52.0 Å². The zero-order valence-electron chi connectivity index (χ0n) is 17.3. The van der Waals surface area contributed by atoms with Crippen molar-refractivity contribution in [2.75, 3.05) is 0 Å². The molecular formula is C22H26N2O5S. The summed E-state index contributed by atoms with van der Waals surface area (Å²) in [7, 11) is 0. The summed E-state index contributed by atoms with van der Waals surface area (Å²) >= 11 is 1.42. The van der Waals surface area contributed by atoms with Crippen molar-refractivity contribution in [2.45, 2.75) is 58.3 Å². The SMILES string of the molecule is CC(C)(C)OC(=O)Cc1ncc(CC[C@H]2C(=O)N[C@@H]2C(=O)OCc2ccccc2)s1. The third kappa shape index (κ3) is 6.13. The van der Waals surface area contributed by atoms with E-state index in [1.807, 2.05) is 51.1 Å². The summed E-state index contributed by atoms with van der Waals surface area (Å²) in [6, 6.07) is 8.79. The fourth-order valence-electron chi connectivity index (χ4n) is 3.10. The molecule has 0 aliphatic carbocycles. The van der Waals surface area contributed by atoms with Crippen LogP contribution in [0.15, 0.2) is 36.5 Å². The van der Waals surface area contributed by atoms with Gasteiger partial charge < -0.3 is 14.8 Å². The van der Waals surface area contributed by atoms with E-state index >= 15 is 0 Å². The lowest BCUT2D eigenvalue weighted by atomic mass is 9.86. The summed E-state index contributed by atoms with van der Waals surface area (Å²) in [5, 5.41) is 3.31. The van der Waals surface area contributed by atoms with Crippen molar-refractivity contribution in [3.63, 3.8) is 0 Å². The largest absolute Gasteiger partial charge is 0.460 e. The minimum atomic E-state index is -0.615. The number of rotatable bonds is 8. The van der Waals surface area contributed by atoms with Gasteiger partial charge in [-0.15, -0.1) is 11.3 Å². The van der Waals surface area contributed by atoms with Crippen LogP contribution in [0, 0.1) is 5.92 Å². The monoisotopic (exact) mass is 430 g/mol. The summed E-state index contributed by atoms with van der Waals surface area (Å²) < 4.78 is 10.6. The summed E-state index contributed by atoms with van der Waals surface area (Å²) in [6.07, 6.45) is 2.96. The van der Waals surface area contributed by atoms with Crippen molar-refractivity contribution in [2.24, 2.45) is 5.92 Å². The molecule has 1 aliphatic heterocycles. The Morgan fingerprint density at radius 2 is 1.93 bits per heavy atom.